The standard InChI is InChI=1S/C24H35N7O3/c1-17-13-19(28-22-27-14-18-5-6-25-16-20(18)29-22)15-26-21(17)31(23(32)34-24(2,3)4)8-7-30-9-11-33-12-10-30/h13-15,25H,5-12,16H2,1-4H3,(H,27,28,29). The molecule has 2 aromatic heterocycles. The number of rotatable bonds is 6. The van der Waals surface area contributed by atoms with Crippen LogP contribution in [0.25, 0.3) is 0 Å². The maximum Gasteiger partial charge on any atom is 0.416 e. The van der Waals surface area contributed by atoms with Gasteiger partial charge in [-0.2, -0.15) is 0 Å². The SMILES string of the molecule is Cc1cc(Nc2ncc3c(n2)CNCC3)cnc1N(CCN1CCOCC1)C(=O)OC(C)(C)C. The summed E-state index contributed by atoms with van der Waals surface area (Å²) in [6, 6.07) is 1.95. The zero-order chi connectivity index (χ0) is 24.1. The summed E-state index contributed by atoms with van der Waals surface area (Å²) in [6.45, 7) is 13.6. The number of hydrogen-bond acceptors (Lipinski definition) is 9. The second-order valence-corrected chi connectivity index (χ2v) is 9.67. The van der Waals surface area contributed by atoms with Gasteiger partial charge >= 0.3 is 6.09 Å². The van der Waals surface area contributed by atoms with Crippen molar-refractivity contribution in [1.29, 1.82) is 0 Å². The molecule has 1 saturated heterocycles. The Bertz CT molecular complexity index is 1000. The fraction of sp³-hybridized carbons (Fsp3) is 0.583. The number of nitrogens with one attached hydrogen (secondary N) is 2. The normalized spacial score (nSPS) is 16.6. The molecule has 0 spiro atoms. The zero-order valence-electron chi connectivity index (χ0n) is 20.6. The first-order chi connectivity index (χ1) is 16.3. The summed E-state index contributed by atoms with van der Waals surface area (Å²) in [5, 5.41) is 6.58. The van der Waals surface area contributed by atoms with Gasteiger partial charge in [0, 0.05) is 38.9 Å². The average Bonchev–Trinajstić information content (AvgIpc) is 2.80. The molecule has 10 nitrogen and oxygen atoms in total. The molecule has 0 atom stereocenters. The van der Waals surface area contributed by atoms with E-state index in [1.807, 2.05) is 40.0 Å². The van der Waals surface area contributed by atoms with Crippen molar-refractivity contribution in [3.05, 3.63) is 35.3 Å². The Kier molecular flexibility index (Phi) is 7.60. The molecule has 0 aromatic carbocycles. The molecule has 1 amide bonds. The Morgan fingerprint density at radius 2 is 2.06 bits per heavy atom. The molecule has 0 radical (unpaired) electrons. The van der Waals surface area contributed by atoms with E-state index in [-0.39, 0.29) is 0 Å². The molecule has 34 heavy (non-hydrogen) atoms. The highest BCUT2D eigenvalue weighted by atomic mass is 16.6. The van der Waals surface area contributed by atoms with Gasteiger partial charge in [0.05, 0.1) is 30.8 Å². The van der Waals surface area contributed by atoms with Crippen molar-refractivity contribution in [3.8, 4) is 0 Å². The molecular formula is C24H35N7O3. The average molecular weight is 470 g/mol. The largest absolute Gasteiger partial charge is 0.443 e. The number of ether oxygens (including phenoxy) is 2. The highest BCUT2D eigenvalue weighted by Gasteiger charge is 2.26. The molecule has 0 aliphatic carbocycles. The van der Waals surface area contributed by atoms with E-state index < -0.39 is 11.7 Å². The van der Waals surface area contributed by atoms with Gasteiger partial charge in [0.1, 0.15) is 11.4 Å². The van der Waals surface area contributed by atoms with Crippen molar-refractivity contribution in [3.63, 3.8) is 0 Å². The molecule has 0 saturated carbocycles. The quantitative estimate of drug-likeness (QED) is 0.660. The number of carbonyl (C=O) groups excluding carboxylic acids is 1. The van der Waals surface area contributed by atoms with Crippen LogP contribution in [0.5, 0.6) is 0 Å². The Hall–Kier alpha value is -2.82. The molecule has 0 bridgehead atoms. The predicted octanol–water partition coefficient (Wildman–Crippen LogP) is 2.64. The van der Waals surface area contributed by atoms with Gasteiger partial charge in [-0.1, -0.05) is 0 Å². The second-order valence-electron chi connectivity index (χ2n) is 9.67. The summed E-state index contributed by atoms with van der Waals surface area (Å²) in [6.07, 6.45) is 4.13. The fourth-order valence-corrected chi connectivity index (χ4v) is 4.01. The van der Waals surface area contributed by atoms with Crippen LogP contribution in [0.3, 0.4) is 0 Å². The number of carbonyl (C=O) groups is 1. The molecule has 1 fully saturated rings. The van der Waals surface area contributed by atoms with Crippen molar-refractivity contribution in [2.75, 3.05) is 56.2 Å². The highest BCUT2D eigenvalue weighted by Crippen LogP contribution is 2.24. The van der Waals surface area contributed by atoms with E-state index in [9.17, 15) is 4.79 Å². The lowest BCUT2D eigenvalue weighted by molar-refractivity contribution is 0.0375. The third kappa shape index (κ3) is 6.40. The molecule has 10 heteroatoms. The van der Waals surface area contributed by atoms with Crippen molar-refractivity contribution >= 4 is 23.5 Å². The number of pyridine rings is 1. The third-order valence-corrected chi connectivity index (χ3v) is 5.74. The van der Waals surface area contributed by atoms with Gasteiger partial charge < -0.3 is 20.1 Å². The van der Waals surface area contributed by atoms with E-state index in [4.69, 9.17) is 9.47 Å². The summed E-state index contributed by atoms with van der Waals surface area (Å²) in [4.78, 5) is 30.7. The second kappa shape index (κ2) is 10.6. The molecule has 184 valence electrons. The number of nitrogens with zero attached hydrogens (tertiary/aromatic N) is 5. The maximum absolute atomic E-state index is 13.1. The van der Waals surface area contributed by atoms with Gasteiger partial charge in [-0.3, -0.25) is 9.80 Å². The Morgan fingerprint density at radius 1 is 1.26 bits per heavy atom. The summed E-state index contributed by atoms with van der Waals surface area (Å²) in [5.74, 6) is 1.12. The zero-order valence-corrected chi connectivity index (χ0v) is 20.6. The van der Waals surface area contributed by atoms with Crippen LogP contribution < -0.4 is 15.5 Å². The highest BCUT2D eigenvalue weighted by molar-refractivity contribution is 5.87. The monoisotopic (exact) mass is 469 g/mol. The van der Waals surface area contributed by atoms with E-state index in [0.717, 1.165) is 56.1 Å². The number of aryl methyl sites for hydroxylation is 1. The molecule has 2 aromatic rings. The Balaban J connectivity index is 1.50. The number of amides is 1. The van der Waals surface area contributed by atoms with E-state index in [2.05, 4.69) is 30.5 Å². The summed E-state index contributed by atoms with van der Waals surface area (Å²) in [5.41, 5.74) is 3.23. The van der Waals surface area contributed by atoms with Crippen LogP contribution in [-0.4, -0.2) is 77.5 Å². The van der Waals surface area contributed by atoms with Gasteiger partial charge in [0.15, 0.2) is 0 Å². The van der Waals surface area contributed by atoms with Crippen LogP contribution in [0, 0.1) is 6.92 Å². The Morgan fingerprint density at radius 3 is 2.79 bits per heavy atom. The Labute approximate surface area is 201 Å². The van der Waals surface area contributed by atoms with Crippen molar-refractivity contribution < 1.29 is 14.3 Å². The minimum absolute atomic E-state index is 0.400. The third-order valence-electron chi connectivity index (χ3n) is 5.74. The van der Waals surface area contributed by atoms with E-state index in [1.54, 1.807) is 11.1 Å². The van der Waals surface area contributed by atoms with Gasteiger partial charge in [-0.05, 0) is 57.9 Å². The fourth-order valence-electron chi connectivity index (χ4n) is 4.01. The smallest absolute Gasteiger partial charge is 0.416 e. The van der Waals surface area contributed by atoms with Crippen LogP contribution >= 0.6 is 0 Å². The first kappa shape index (κ1) is 24.3. The lowest BCUT2D eigenvalue weighted by Crippen LogP contribution is -2.45. The van der Waals surface area contributed by atoms with Gasteiger partial charge in [-0.15, -0.1) is 0 Å². The minimum atomic E-state index is -0.595. The van der Waals surface area contributed by atoms with Crippen LogP contribution in [0.4, 0.5) is 22.2 Å². The number of morpholine rings is 1. The van der Waals surface area contributed by atoms with Crippen molar-refractivity contribution in [2.45, 2.75) is 46.3 Å². The maximum atomic E-state index is 13.1. The first-order valence-electron chi connectivity index (χ1n) is 11.9. The summed E-state index contributed by atoms with van der Waals surface area (Å²) < 4.78 is 11.1. The number of anilines is 3. The minimum Gasteiger partial charge on any atom is -0.443 e. The molecule has 2 N–H and O–H groups in total. The van der Waals surface area contributed by atoms with Crippen LogP contribution in [0.15, 0.2) is 18.5 Å². The lowest BCUT2D eigenvalue weighted by atomic mass is 10.1. The molecule has 4 rings (SSSR count). The number of aromatic nitrogens is 3. The van der Waals surface area contributed by atoms with E-state index in [1.165, 1.54) is 5.56 Å². The topological polar surface area (TPSA) is 105 Å². The molecule has 0 unspecified atom stereocenters. The van der Waals surface area contributed by atoms with Crippen molar-refractivity contribution in [2.24, 2.45) is 0 Å². The number of hydrogen-bond donors (Lipinski definition) is 2. The molecule has 2 aliphatic heterocycles. The summed E-state index contributed by atoms with van der Waals surface area (Å²) in [7, 11) is 0. The van der Waals surface area contributed by atoms with Gasteiger partial charge in [0.25, 0.3) is 0 Å². The van der Waals surface area contributed by atoms with Gasteiger partial charge in [-0.25, -0.2) is 19.7 Å². The molecular weight excluding hydrogens is 434 g/mol. The van der Waals surface area contributed by atoms with Crippen LogP contribution in [0.1, 0.15) is 37.6 Å². The number of fused-ring (bicyclic) bond motifs is 1. The molecule has 4 heterocycles. The van der Waals surface area contributed by atoms with Crippen LogP contribution in [0.2, 0.25) is 0 Å². The van der Waals surface area contributed by atoms with Crippen molar-refractivity contribution in [1.82, 2.24) is 25.2 Å². The summed E-state index contributed by atoms with van der Waals surface area (Å²) >= 11 is 0. The van der Waals surface area contributed by atoms with Crippen LogP contribution in [-0.2, 0) is 22.4 Å². The predicted molar refractivity (Wildman–Crippen MR) is 131 cm³/mol. The lowest BCUT2D eigenvalue weighted by Gasteiger charge is -2.31. The van der Waals surface area contributed by atoms with Gasteiger partial charge in [0.2, 0.25) is 5.95 Å². The first-order valence-corrected chi connectivity index (χ1v) is 11.9. The van der Waals surface area contributed by atoms with E-state index >= 15 is 0 Å². The molecule has 2 aliphatic rings. The van der Waals surface area contributed by atoms with E-state index in [0.29, 0.717) is 31.5 Å².